The average Bonchev–Trinajstić information content (AvgIpc) is 3.62. The van der Waals surface area contributed by atoms with Crippen molar-refractivity contribution in [2.75, 3.05) is 39.6 Å². The molecule has 0 aliphatic rings. The van der Waals surface area contributed by atoms with Crippen LogP contribution in [-0.2, 0) is 65.4 Å². The fourth-order valence-corrected chi connectivity index (χ4v) is 11.5. The van der Waals surface area contributed by atoms with Gasteiger partial charge in [-0.1, -0.05) is 277 Å². The predicted molar refractivity (Wildman–Crippen MR) is 354 cm³/mol. The van der Waals surface area contributed by atoms with Gasteiger partial charge in [-0.15, -0.1) is 0 Å². The molecule has 19 heteroatoms. The van der Waals surface area contributed by atoms with Crippen LogP contribution in [0.2, 0.25) is 0 Å². The van der Waals surface area contributed by atoms with E-state index in [0.717, 1.165) is 141 Å². The summed E-state index contributed by atoms with van der Waals surface area (Å²) >= 11 is 0. The first-order chi connectivity index (χ1) is 42.5. The van der Waals surface area contributed by atoms with Gasteiger partial charge < -0.3 is 33.8 Å². The normalized spacial score (nSPS) is 14.3. The topological polar surface area (TPSA) is 237 Å². The van der Waals surface area contributed by atoms with E-state index in [9.17, 15) is 43.2 Å². The molecule has 0 fully saturated rings. The number of carbonyl (C=O) groups is 4. The third-order valence-electron chi connectivity index (χ3n) is 15.4. The number of esters is 4. The van der Waals surface area contributed by atoms with E-state index in [2.05, 4.69) is 58.9 Å². The summed E-state index contributed by atoms with van der Waals surface area (Å²) in [6.07, 6.45) is 51.1. The molecular weight excluding hydrogens is 1160 g/mol. The monoisotopic (exact) mass is 1290 g/mol. The zero-order valence-corrected chi connectivity index (χ0v) is 58.1. The first kappa shape index (κ1) is 85.5. The summed E-state index contributed by atoms with van der Waals surface area (Å²) in [4.78, 5) is 72.1. The van der Waals surface area contributed by atoms with Crippen molar-refractivity contribution in [2.24, 2.45) is 5.92 Å². The molecule has 0 bridgehead atoms. The summed E-state index contributed by atoms with van der Waals surface area (Å²) in [6, 6.07) is 0. The van der Waals surface area contributed by atoms with Gasteiger partial charge in [0, 0.05) is 25.7 Å². The lowest BCUT2D eigenvalue weighted by molar-refractivity contribution is -0.161. The second-order valence-electron chi connectivity index (χ2n) is 24.7. The first-order valence-electron chi connectivity index (χ1n) is 35.5. The predicted octanol–water partition coefficient (Wildman–Crippen LogP) is 19.3. The second kappa shape index (κ2) is 62.0. The minimum atomic E-state index is -4.96. The highest BCUT2D eigenvalue weighted by Crippen LogP contribution is 2.45. The lowest BCUT2D eigenvalue weighted by Crippen LogP contribution is -2.30. The number of aliphatic hydroxyl groups is 1. The summed E-state index contributed by atoms with van der Waals surface area (Å²) in [7, 11) is -9.90. The van der Waals surface area contributed by atoms with Crippen molar-refractivity contribution in [1.29, 1.82) is 0 Å². The lowest BCUT2D eigenvalue weighted by atomic mass is 10.0. The number of ether oxygens (including phenoxy) is 4. The molecule has 2 unspecified atom stereocenters. The van der Waals surface area contributed by atoms with Crippen molar-refractivity contribution in [3.63, 3.8) is 0 Å². The Hall–Kier alpha value is -2.46. The molecule has 0 aromatic rings. The zero-order valence-electron chi connectivity index (χ0n) is 56.3. The largest absolute Gasteiger partial charge is 0.472 e. The van der Waals surface area contributed by atoms with E-state index >= 15 is 0 Å². The molecule has 0 spiro atoms. The molecule has 88 heavy (non-hydrogen) atoms. The molecule has 0 aliphatic carbocycles. The number of phosphoric acid groups is 2. The van der Waals surface area contributed by atoms with Crippen molar-refractivity contribution in [3.05, 3.63) is 24.3 Å². The van der Waals surface area contributed by atoms with Gasteiger partial charge in [0.25, 0.3) is 0 Å². The van der Waals surface area contributed by atoms with E-state index in [0.29, 0.717) is 25.7 Å². The van der Waals surface area contributed by atoms with Crippen LogP contribution in [0.1, 0.15) is 330 Å². The third kappa shape index (κ3) is 62.4. The van der Waals surface area contributed by atoms with Crippen molar-refractivity contribution in [1.82, 2.24) is 0 Å². The maximum absolute atomic E-state index is 13.0. The molecule has 0 aliphatic heterocycles. The van der Waals surface area contributed by atoms with Crippen LogP contribution in [0, 0.1) is 5.92 Å². The molecule has 518 valence electrons. The maximum Gasteiger partial charge on any atom is 0.472 e. The minimum Gasteiger partial charge on any atom is -0.462 e. The lowest BCUT2D eigenvalue weighted by Gasteiger charge is -2.21. The van der Waals surface area contributed by atoms with Crippen LogP contribution in [0.5, 0.6) is 0 Å². The SMILES string of the molecule is CCCCCC/C=C\C=C/CCCCCCCC(=O)OC[C@H](COP(=O)(O)OC[C@@H](O)COP(=O)(O)OC[C@@H](COC(=O)CCCCCCCCC)OC(=O)CCCCCCCCC)OC(=O)CCCCCCCCCCCCCCCCCCC(C)C. The van der Waals surface area contributed by atoms with Crippen LogP contribution in [0.3, 0.4) is 0 Å². The molecule has 3 N–H and O–H groups in total. The van der Waals surface area contributed by atoms with Crippen LogP contribution < -0.4 is 0 Å². The molecule has 17 nitrogen and oxygen atoms in total. The van der Waals surface area contributed by atoms with E-state index in [4.69, 9.17) is 37.0 Å². The zero-order chi connectivity index (χ0) is 64.9. The Morgan fingerprint density at radius 2 is 0.614 bits per heavy atom. The number of hydrogen-bond donors (Lipinski definition) is 3. The van der Waals surface area contributed by atoms with Crippen molar-refractivity contribution >= 4 is 39.5 Å². The van der Waals surface area contributed by atoms with E-state index in [-0.39, 0.29) is 25.7 Å². The Morgan fingerprint density at radius 1 is 0.352 bits per heavy atom. The summed E-state index contributed by atoms with van der Waals surface area (Å²) in [5.41, 5.74) is 0. The van der Waals surface area contributed by atoms with Gasteiger partial charge in [0.05, 0.1) is 26.4 Å². The fourth-order valence-electron chi connectivity index (χ4n) is 9.93. The Morgan fingerprint density at radius 3 is 0.932 bits per heavy atom. The first-order valence-corrected chi connectivity index (χ1v) is 38.4. The highest BCUT2D eigenvalue weighted by molar-refractivity contribution is 7.47. The molecule has 0 radical (unpaired) electrons. The standard InChI is InChI=1S/C69H130O17P2/c1-6-9-12-15-18-19-20-21-24-28-31-34-39-43-48-53-67(72)80-59-65(86-69(74)55-50-45-40-35-32-29-26-23-22-25-27-30-33-38-41-46-51-62(4)5)61-84-88(77,78)82-57-63(70)56-81-87(75,76)83-60-64(85-68(73)54-49-44-37-17-14-11-8-3)58-79-66(71)52-47-42-36-16-13-10-7-2/h19-21,24,62-65,70H,6-18,22-23,25-61H2,1-5H3,(H,75,76)(H,77,78)/b20-19-,24-21-/t63-,64+,65+/m0/s1. The van der Waals surface area contributed by atoms with Crippen LogP contribution in [-0.4, -0.2) is 96.7 Å². The molecule has 5 atom stereocenters. The smallest absolute Gasteiger partial charge is 0.462 e. The molecule has 0 saturated carbocycles. The van der Waals surface area contributed by atoms with E-state index in [1.54, 1.807) is 0 Å². The Bertz CT molecular complexity index is 1800. The van der Waals surface area contributed by atoms with Gasteiger partial charge in [0.15, 0.2) is 12.2 Å². The molecule has 0 saturated heterocycles. The van der Waals surface area contributed by atoms with Gasteiger partial charge in [-0.2, -0.15) is 0 Å². The molecule has 0 heterocycles. The van der Waals surface area contributed by atoms with E-state index < -0.39 is 97.5 Å². The summed E-state index contributed by atoms with van der Waals surface area (Å²) < 4.78 is 67.9. The quantitative estimate of drug-likeness (QED) is 0.0169. The third-order valence-corrected chi connectivity index (χ3v) is 17.3. The van der Waals surface area contributed by atoms with Crippen molar-refractivity contribution in [2.45, 2.75) is 348 Å². The van der Waals surface area contributed by atoms with E-state index in [1.807, 2.05) is 0 Å². The van der Waals surface area contributed by atoms with Gasteiger partial charge in [0.1, 0.15) is 19.3 Å². The molecule has 0 aromatic carbocycles. The van der Waals surface area contributed by atoms with Crippen molar-refractivity contribution < 1.29 is 80.2 Å². The number of phosphoric ester groups is 2. The number of carbonyl (C=O) groups excluding carboxylic acids is 4. The number of hydrogen-bond acceptors (Lipinski definition) is 15. The maximum atomic E-state index is 13.0. The number of allylic oxidation sites excluding steroid dienone is 4. The Balaban J connectivity index is 5.18. The highest BCUT2D eigenvalue weighted by atomic mass is 31.2. The summed E-state index contributed by atoms with van der Waals surface area (Å²) in [5.74, 6) is -1.36. The summed E-state index contributed by atoms with van der Waals surface area (Å²) in [6.45, 7) is 7.11. The van der Waals surface area contributed by atoms with E-state index in [1.165, 1.54) is 109 Å². The van der Waals surface area contributed by atoms with Gasteiger partial charge in [0.2, 0.25) is 0 Å². The van der Waals surface area contributed by atoms with Crippen LogP contribution in [0.4, 0.5) is 0 Å². The molecular formula is C69H130O17P2. The molecule has 0 aromatic heterocycles. The average molecular weight is 1290 g/mol. The highest BCUT2D eigenvalue weighted by Gasteiger charge is 2.30. The van der Waals surface area contributed by atoms with Crippen LogP contribution in [0.15, 0.2) is 24.3 Å². The summed E-state index contributed by atoms with van der Waals surface area (Å²) in [5, 5.41) is 10.5. The van der Waals surface area contributed by atoms with Gasteiger partial charge in [-0.05, 0) is 57.3 Å². The second-order valence-corrected chi connectivity index (χ2v) is 27.6. The van der Waals surface area contributed by atoms with Crippen LogP contribution in [0.25, 0.3) is 0 Å². The van der Waals surface area contributed by atoms with Crippen LogP contribution >= 0.6 is 15.6 Å². The van der Waals surface area contributed by atoms with Crippen molar-refractivity contribution in [3.8, 4) is 0 Å². The fraction of sp³-hybridized carbons (Fsp3) is 0.884. The number of unbranched alkanes of at least 4 members (excludes halogenated alkanes) is 36. The van der Waals surface area contributed by atoms with Gasteiger partial charge in [-0.3, -0.25) is 37.3 Å². The number of aliphatic hydroxyl groups excluding tert-OH is 1. The minimum absolute atomic E-state index is 0.101. The Kier molecular flexibility index (Phi) is 60.3. The molecule has 0 rings (SSSR count). The molecule has 0 amide bonds. The van der Waals surface area contributed by atoms with Gasteiger partial charge in [-0.25, -0.2) is 9.13 Å². The number of rotatable bonds is 67. The Labute approximate surface area is 535 Å². The van der Waals surface area contributed by atoms with Gasteiger partial charge >= 0.3 is 39.5 Å².